The fourth-order valence-electron chi connectivity index (χ4n) is 3.68. The fraction of sp³-hybridized carbons (Fsp3) is 0.304. The number of Topliss-reactive ketones (excluding diaryl/α,β-unsaturated/α-hetero) is 1. The lowest BCUT2D eigenvalue weighted by molar-refractivity contribution is 0.0475. The molecule has 154 valence electrons. The third-order valence-corrected chi connectivity index (χ3v) is 5.28. The molecule has 7 heteroatoms. The summed E-state index contributed by atoms with van der Waals surface area (Å²) in [5, 5.41) is 0.451. The van der Waals surface area contributed by atoms with Crippen molar-refractivity contribution >= 4 is 22.7 Å². The summed E-state index contributed by atoms with van der Waals surface area (Å²) in [6.45, 7) is 0.156. The fourth-order valence-corrected chi connectivity index (χ4v) is 3.68. The minimum absolute atomic E-state index is 0.0990. The first-order valence-corrected chi connectivity index (χ1v) is 10.0. The molecule has 0 atom stereocenters. The molecular weight excluding hydrogens is 387 g/mol. The number of ether oxygens (including phenoxy) is 1. The molecule has 2 aromatic carbocycles. The van der Waals surface area contributed by atoms with Crippen molar-refractivity contribution in [1.82, 2.24) is 9.55 Å². The van der Waals surface area contributed by atoms with E-state index in [1.165, 1.54) is 30.3 Å². The number of ketones is 1. The standard InChI is InChI=1S/C23H21FN2O4/c24-17-7-5-6-15(12-17)20(27)14-30-23(29)16-9-10-18-19(13-16)25-21-8-3-1-2-4-11-26(21)22(18)28/h5-7,9-10,12-13H,1-4,8,11,14H2. The Morgan fingerprint density at radius 2 is 1.87 bits per heavy atom. The number of aryl methyl sites for hydroxylation is 1. The minimum Gasteiger partial charge on any atom is -0.454 e. The second-order valence-corrected chi connectivity index (χ2v) is 7.39. The number of esters is 1. The van der Waals surface area contributed by atoms with Gasteiger partial charge in [-0.25, -0.2) is 14.2 Å². The van der Waals surface area contributed by atoms with Crippen molar-refractivity contribution in [3.8, 4) is 0 Å². The summed E-state index contributed by atoms with van der Waals surface area (Å²) in [4.78, 5) is 42.0. The summed E-state index contributed by atoms with van der Waals surface area (Å²) >= 11 is 0. The Balaban J connectivity index is 1.55. The van der Waals surface area contributed by atoms with Gasteiger partial charge in [-0.15, -0.1) is 0 Å². The molecule has 0 amide bonds. The van der Waals surface area contributed by atoms with E-state index < -0.39 is 24.2 Å². The van der Waals surface area contributed by atoms with Gasteiger partial charge in [0.1, 0.15) is 11.6 Å². The van der Waals surface area contributed by atoms with E-state index in [-0.39, 0.29) is 16.7 Å². The van der Waals surface area contributed by atoms with Gasteiger partial charge in [0.05, 0.1) is 16.5 Å². The Bertz CT molecular complexity index is 1190. The Labute approximate surface area is 172 Å². The molecule has 4 rings (SSSR count). The molecule has 0 spiro atoms. The van der Waals surface area contributed by atoms with E-state index in [9.17, 15) is 18.8 Å². The van der Waals surface area contributed by atoms with Gasteiger partial charge in [0.15, 0.2) is 12.4 Å². The number of nitrogens with zero attached hydrogens (tertiary/aromatic N) is 2. The zero-order valence-electron chi connectivity index (χ0n) is 16.4. The summed E-state index contributed by atoms with van der Waals surface area (Å²) in [5.41, 5.74) is 0.683. The van der Waals surface area contributed by atoms with Crippen molar-refractivity contribution in [3.05, 3.63) is 75.6 Å². The molecule has 6 nitrogen and oxygen atoms in total. The van der Waals surface area contributed by atoms with Gasteiger partial charge in [-0.3, -0.25) is 14.2 Å². The maximum absolute atomic E-state index is 13.2. The molecule has 0 saturated carbocycles. The van der Waals surface area contributed by atoms with Crippen LogP contribution in [0.1, 0.15) is 52.2 Å². The molecule has 0 saturated heterocycles. The van der Waals surface area contributed by atoms with Crippen LogP contribution in [-0.2, 0) is 17.7 Å². The molecule has 0 bridgehead atoms. The van der Waals surface area contributed by atoms with E-state index in [0.29, 0.717) is 17.4 Å². The largest absolute Gasteiger partial charge is 0.454 e. The highest BCUT2D eigenvalue weighted by molar-refractivity contribution is 6.00. The topological polar surface area (TPSA) is 78.3 Å². The van der Waals surface area contributed by atoms with Crippen LogP contribution < -0.4 is 5.56 Å². The second-order valence-electron chi connectivity index (χ2n) is 7.39. The number of carbonyl (C=O) groups excluding carboxylic acids is 2. The lowest BCUT2D eigenvalue weighted by Gasteiger charge is -2.16. The summed E-state index contributed by atoms with van der Waals surface area (Å²) in [6, 6.07) is 9.79. The lowest BCUT2D eigenvalue weighted by Crippen LogP contribution is -2.26. The SMILES string of the molecule is O=C(COC(=O)c1ccc2c(=O)n3c(nc2c1)CCCCCC3)c1cccc(F)c1. The molecule has 1 aliphatic heterocycles. The normalized spacial score (nSPS) is 13.9. The van der Waals surface area contributed by atoms with E-state index >= 15 is 0 Å². The smallest absolute Gasteiger partial charge is 0.338 e. The van der Waals surface area contributed by atoms with E-state index in [4.69, 9.17) is 4.74 Å². The predicted octanol–water partition coefficient (Wildman–Crippen LogP) is 3.69. The van der Waals surface area contributed by atoms with Crippen molar-refractivity contribution in [2.45, 2.75) is 38.6 Å². The zero-order valence-corrected chi connectivity index (χ0v) is 16.4. The third kappa shape index (κ3) is 4.15. The van der Waals surface area contributed by atoms with Crippen LogP contribution in [0.25, 0.3) is 10.9 Å². The molecule has 0 fully saturated rings. The highest BCUT2D eigenvalue weighted by atomic mass is 19.1. The van der Waals surface area contributed by atoms with Crippen LogP contribution in [0.15, 0.2) is 47.3 Å². The van der Waals surface area contributed by atoms with Crippen molar-refractivity contribution in [2.75, 3.05) is 6.61 Å². The van der Waals surface area contributed by atoms with Crippen molar-refractivity contribution < 1.29 is 18.7 Å². The van der Waals surface area contributed by atoms with Crippen LogP contribution >= 0.6 is 0 Å². The number of hydrogen-bond donors (Lipinski definition) is 0. The number of halogens is 1. The summed E-state index contributed by atoms with van der Waals surface area (Å²) in [6.07, 6.45) is 4.86. The van der Waals surface area contributed by atoms with E-state index in [2.05, 4.69) is 4.98 Å². The molecule has 0 unspecified atom stereocenters. The van der Waals surface area contributed by atoms with Crippen LogP contribution in [0.4, 0.5) is 4.39 Å². The van der Waals surface area contributed by atoms with Gasteiger partial charge in [0, 0.05) is 18.5 Å². The molecule has 0 N–H and O–H groups in total. The zero-order chi connectivity index (χ0) is 21.1. The van der Waals surface area contributed by atoms with Crippen LogP contribution in [-0.4, -0.2) is 27.9 Å². The molecule has 1 aromatic heterocycles. The Morgan fingerprint density at radius 1 is 1.03 bits per heavy atom. The third-order valence-electron chi connectivity index (χ3n) is 5.28. The minimum atomic E-state index is -0.699. The van der Waals surface area contributed by atoms with Crippen molar-refractivity contribution in [3.63, 3.8) is 0 Å². The quantitative estimate of drug-likeness (QED) is 0.486. The van der Waals surface area contributed by atoms with Gasteiger partial charge >= 0.3 is 5.97 Å². The number of carbonyl (C=O) groups is 2. The van der Waals surface area contributed by atoms with Gasteiger partial charge in [0.25, 0.3) is 5.56 Å². The van der Waals surface area contributed by atoms with Gasteiger partial charge in [-0.1, -0.05) is 25.0 Å². The molecule has 0 aliphatic carbocycles. The molecule has 30 heavy (non-hydrogen) atoms. The van der Waals surface area contributed by atoms with Gasteiger partial charge < -0.3 is 4.74 Å². The molecule has 1 aliphatic rings. The van der Waals surface area contributed by atoms with Gasteiger partial charge in [-0.2, -0.15) is 0 Å². The average molecular weight is 408 g/mol. The number of rotatable bonds is 4. The van der Waals surface area contributed by atoms with E-state index in [0.717, 1.165) is 44.0 Å². The first-order chi connectivity index (χ1) is 14.5. The highest BCUT2D eigenvalue weighted by Gasteiger charge is 2.16. The van der Waals surface area contributed by atoms with Gasteiger partial charge in [-0.05, 0) is 43.2 Å². The Kier molecular flexibility index (Phi) is 5.70. The van der Waals surface area contributed by atoms with Crippen LogP contribution in [0.5, 0.6) is 0 Å². The first-order valence-electron chi connectivity index (χ1n) is 10.0. The summed E-state index contributed by atoms with van der Waals surface area (Å²) in [7, 11) is 0. The average Bonchev–Trinajstić information content (AvgIpc) is 2.73. The highest BCUT2D eigenvalue weighted by Crippen LogP contribution is 2.17. The summed E-state index contributed by atoms with van der Waals surface area (Å²) in [5.74, 6) is -0.996. The number of benzene rings is 2. The van der Waals surface area contributed by atoms with E-state index in [1.807, 2.05) is 0 Å². The number of hydrogen-bond acceptors (Lipinski definition) is 5. The Hall–Kier alpha value is -3.35. The second kappa shape index (κ2) is 8.57. The molecule has 0 radical (unpaired) electrons. The van der Waals surface area contributed by atoms with Crippen LogP contribution in [0, 0.1) is 5.82 Å². The van der Waals surface area contributed by atoms with Crippen LogP contribution in [0.3, 0.4) is 0 Å². The predicted molar refractivity (Wildman–Crippen MR) is 109 cm³/mol. The van der Waals surface area contributed by atoms with E-state index in [1.54, 1.807) is 10.6 Å². The monoisotopic (exact) mass is 408 g/mol. The number of fused-ring (bicyclic) bond motifs is 2. The maximum atomic E-state index is 13.2. The van der Waals surface area contributed by atoms with Gasteiger partial charge in [0.2, 0.25) is 0 Å². The van der Waals surface area contributed by atoms with Crippen molar-refractivity contribution in [1.29, 1.82) is 0 Å². The molecular formula is C23H21FN2O4. The lowest BCUT2D eigenvalue weighted by atomic mass is 10.1. The van der Waals surface area contributed by atoms with Crippen LogP contribution in [0.2, 0.25) is 0 Å². The number of aromatic nitrogens is 2. The molecule has 3 aromatic rings. The Morgan fingerprint density at radius 3 is 2.70 bits per heavy atom. The first kappa shape index (κ1) is 19.9. The molecule has 2 heterocycles. The van der Waals surface area contributed by atoms with Crippen molar-refractivity contribution in [2.24, 2.45) is 0 Å². The maximum Gasteiger partial charge on any atom is 0.338 e. The summed E-state index contributed by atoms with van der Waals surface area (Å²) < 4.78 is 20.1.